The van der Waals surface area contributed by atoms with Crippen LogP contribution in [0.15, 0.2) is 59.8 Å². The number of amides is 1. The summed E-state index contributed by atoms with van der Waals surface area (Å²) in [6.45, 7) is 5.19. The monoisotopic (exact) mass is 483 g/mol. The van der Waals surface area contributed by atoms with Gasteiger partial charge in [0.1, 0.15) is 17.4 Å². The largest absolute Gasteiger partial charge is 0.494 e. The van der Waals surface area contributed by atoms with E-state index in [9.17, 15) is 19.2 Å². The number of nitrogens with one attached hydrogen (secondary N) is 1. The second-order valence-electron chi connectivity index (χ2n) is 8.17. The molecule has 2 rings (SSSR count). The molecule has 0 spiro atoms. The van der Waals surface area contributed by atoms with E-state index in [-0.39, 0.29) is 24.3 Å². The number of carbonyl (C=O) groups excluding carboxylic acids is 4. The van der Waals surface area contributed by atoms with Crippen LogP contribution in [0.1, 0.15) is 43.1 Å². The molecule has 1 radical (unpaired) electrons. The fraction of sp³-hybridized carbons (Fsp3) is 0.320. The molecule has 2 aromatic rings. The third-order valence-corrected chi connectivity index (χ3v) is 4.31. The average Bonchev–Trinajstić information content (AvgIpc) is 2.83. The Kier molecular flexibility index (Phi) is 9.95. The Morgan fingerprint density at radius 1 is 1.00 bits per heavy atom. The van der Waals surface area contributed by atoms with Crippen LogP contribution in [0, 0.1) is 0 Å². The van der Waals surface area contributed by atoms with Crippen LogP contribution in [0.25, 0.3) is 0 Å². The molecule has 0 saturated carbocycles. The van der Waals surface area contributed by atoms with Crippen LogP contribution in [0.5, 0.6) is 5.75 Å². The number of oxime groups is 1. The summed E-state index contributed by atoms with van der Waals surface area (Å²) in [4.78, 5) is 52.0. The molecule has 10 nitrogen and oxygen atoms in total. The second-order valence-corrected chi connectivity index (χ2v) is 8.17. The van der Waals surface area contributed by atoms with Crippen LogP contribution in [0.3, 0.4) is 0 Å². The van der Waals surface area contributed by atoms with E-state index >= 15 is 0 Å². The fourth-order valence-electron chi connectivity index (χ4n) is 2.69. The third kappa shape index (κ3) is 9.28. The minimum atomic E-state index is -0.961. The first-order valence-corrected chi connectivity index (χ1v) is 10.7. The standard InChI is InChI=1S/C25H27N2O8/c1-25(2,3)34-24(31)26-20(23(30)32-4)14-15-33-19-12-10-17(11-13-19)21(16-28)27-35-22(29)18-8-6-5-7-9-18/h5-13,20H,14-15H2,1-4H3,(H,26,31). The van der Waals surface area contributed by atoms with Crippen LogP contribution in [-0.2, 0) is 23.9 Å². The summed E-state index contributed by atoms with van der Waals surface area (Å²) in [5.41, 5.74) is -0.277. The Balaban J connectivity index is 1.94. The van der Waals surface area contributed by atoms with E-state index in [1.54, 1.807) is 69.5 Å². The van der Waals surface area contributed by atoms with Crippen molar-refractivity contribution in [2.45, 2.75) is 38.8 Å². The van der Waals surface area contributed by atoms with Crippen molar-refractivity contribution in [2.24, 2.45) is 5.16 Å². The molecule has 0 aliphatic carbocycles. The number of hydrogen-bond acceptors (Lipinski definition) is 9. The van der Waals surface area contributed by atoms with Crippen molar-refractivity contribution in [3.8, 4) is 5.75 Å². The molecule has 10 heteroatoms. The minimum Gasteiger partial charge on any atom is -0.494 e. The second kappa shape index (κ2) is 12.9. The van der Waals surface area contributed by atoms with E-state index in [1.165, 1.54) is 19.2 Å². The molecule has 0 bridgehead atoms. The van der Waals surface area contributed by atoms with Gasteiger partial charge < -0.3 is 24.4 Å². The van der Waals surface area contributed by atoms with Crippen molar-refractivity contribution in [1.29, 1.82) is 0 Å². The maximum absolute atomic E-state index is 12.0. The lowest BCUT2D eigenvalue weighted by Crippen LogP contribution is -2.44. The maximum atomic E-state index is 12.0. The van der Waals surface area contributed by atoms with Gasteiger partial charge in [-0.3, -0.25) is 4.79 Å². The lowest BCUT2D eigenvalue weighted by molar-refractivity contribution is -0.143. The molecule has 35 heavy (non-hydrogen) atoms. The van der Waals surface area contributed by atoms with E-state index in [0.717, 1.165) is 0 Å². The summed E-state index contributed by atoms with van der Waals surface area (Å²) in [6, 6.07) is 13.5. The molecule has 0 heterocycles. The molecule has 0 fully saturated rings. The number of methoxy groups -OCH3 is 1. The SMILES string of the molecule is COC(=O)C(CCOc1ccc(C([C]=O)=NOC(=O)c2ccccc2)cc1)NC(=O)OC(C)(C)C. The van der Waals surface area contributed by atoms with Crippen LogP contribution >= 0.6 is 0 Å². The highest BCUT2D eigenvalue weighted by molar-refractivity contribution is 6.36. The van der Waals surface area contributed by atoms with Crippen molar-refractivity contribution >= 4 is 30.0 Å². The molecule has 2 aromatic carbocycles. The zero-order valence-electron chi connectivity index (χ0n) is 19.9. The Bertz CT molecular complexity index is 1040. The Hall–Kier alpha value is -4.21. The fourth-order valence-corrected chi connectivity index (χ4v) is 2.69. The van der Waals surface area contributed by atoms with Gasteiger partial charge in [-0.05, 0) is 57.2 Å². The van der Waals surface area contributed by atoms with Crippen LogP contribution in [0.4, 0.5) is 4.79 Å². The van der Waals surface area contributed by atoms with Crippen molar-refractivity contribution in [3.63, 3.8) is 0 Å². The predicted molar refractivity (Wildman–Crippen MR) is 126 cm³/mol. The number of nitrogens with zero attached hydrogens (tertiary/aromatic N) is 1. The van der Waals surface area contributed by atoms with Gasteiger partial charge in [0.15, 0.2) is 5.71 Å². The number of hydrogen-bond donors (Lipinski definition) is 1. The Morgan fingerprint density at radius 2 is 1.66 bits per heavy atom. The van der Waals surface area contributed by atoms with Gasteiger partial charge in [0.05, 0.1) is 19.3 Å². The van der Waals surface area contributed by atoms with Gasteiger partial charge in [0.2, 0.25) is 0 Å². The number of benzene rings is 2. The lowest BCUT2D eigenvalue weighted by Gasteiger charge is -2.22. The van der Waals surface area contributed by atoms with Crippen LogP contribution in [0.2, 0.25) is 0 Å². The molecule has 185 valence electrons. The highest BCUT2D eigenvalue weighted by Gasteiger charge is 2.25. The maximum Gasteiger partial charge on any atom is 0.408 e. The van der Waals surface area contributed by atoms with Crippen molar-refractivity contribution < 1.29 is 38.2 Å². The number of ether oxygens (including phenoxy) is 3. The minimum absolute atomic E-state index is 0.0738. The highest BCUT2D eigenvalue weighted by Crippen LogP contribution is 2.14. The van der Waals surface area contributed by atoms with Gasteiger partial charge in [-0.25, -0.2) is 14.4 Å². The molecule has 0 aliphatic rings. The summed E-state index contributed by atoms with van der Waals surface area (Å²) in [7, 11) is 1.21. The van der Waals surface area contributed by atoms with E-state index in [4.69, 9.17) is 19.0 Å². The van der Waals surface area contributed by atoms with Gasteiger partial charge in [-0.2, -0.15) is 0 Å². The zero-order chi connectivity index (χ0) is 25.8. The highest BCUT2D eigenvalue weighted by atomic mass is 16.7. The van der Waals surface area contributed by atoms with Crippen LogP contribution in [-0.4, -0.2) is 55.4 Å². The summed E-state index contributed by atoms with van der Waals surface area (Å²) < 4.78 is 15.5. The molecule has 1 atom stereocenters. The Labute approximate surface area is 203 Å². The normalized spacial score (nSPS) is 12.2. The number of alkyl carbamates (subject to hydrolysis) is 1. The van der Waals surface area contributed by atoms with Gasteiger partial charge in [0, 0.05) is 12.0 Å². The summed E-state index contributed by atoms with van der Waals surface area (Å²) in [6.07, 6.45) is 1.01. The van der Waals surface area contributed by atoms with Gasteiger partial charge in [0.25, 0.3) is 6.29 Å². The van der Waals surface area contributed by atoms with E-state index in [0.29, 0.717) is 11.3 Å². The topological polar surface area (TPSA) is 130 Å². The molecular weight excluding hydrogens is 456 g/mol. The quantitative estimate of drug-likeness (QED) is 0.236. The Morgan fingerprint density at radius 3 is 2.23 bits per heavy atom. The van der Waals surface area contributed by atoms with Gasteiger partial charge in [-0.1, -0.05) is 23.4 Å². The molecule has 1 unspecified atom stereocenters. The summed E-state index contributed by atoms with van der Waals surface area (Å²) in [5, 5.41) is 6.05. The van der Waals surface area contributed by atoms with Crippen molar-refractivity contribution in [1.82, 2.24) is 5.32 Å². The smallest absolute Gasteiger partial charge is 0.408 e. The van der Waals surface area contributed by atoms with Crippen molar-refractivity contribution in [3.05, 3.63) is 65.7 Å². The molecule has 0 aliphatic heterocycles. The molecule has 0 saturated heterocycles. The van der Waals surface area contributed by atoms with Gasteiger partial charge in [-0.15, -0.1) is 0 Å². The van der Waals surface area contributed by atoms with E-state index < -0.39 is 29.7 Å². The number of esters is 1. The first kappa shape index (κ1) is 27.0. The average molecular weight is 483 g/mol. The van der Waals surface area contributed by atoms with Crippen molar-refractivity contribution in [2.75, 3.05) is 13.7 Å². The molecule has 0 aromatic heterocycles. The number of rotatable bonds is 10. The van der Waals surface area contributed by atoms with Gasteiger partial charge >= 0.3 is 18.0 Å². The first-order valence-electron chi connectivity index (χ1n) is 10.7. The zero-order valence-corrected chi connectivity index (χ0v) is 19.9. The van der Waals surface area contributed by atoms with E-state index in [1.807, 2.05) is 0 Å². The van der Waals surface area contributed by atoms with Crippen LogP contribution < -0.4 is 10.1 Å². The number of carbonyl (C=O) groups is 3. The lowest BCUT2D eigenvalue weighted by atomic mass is 10.1. The predicted octanol–water partition coefficient (Wildman–Crippen LogP) is 3.19. The summed E-state index contributed by atoms with van der Waals surface area (Å²) in [5.74, 6) is -0.915. The molecular formula is C25H27N2O8. The molecule has 1 N–H and O–H groups in total. The molecule has 1 amide bonds. The van der Waals surface area contributed by atoms with E-state index in [2.05, 4.69) is 10.5 Å². The first-order chi connectivity index (χ1) is 16.6. The summed E-state index contributed by atoms with van der Waals surface area (Å²) >= 11 is 0. The third-order valence-electron chi connectivity index (χ3n) is 4.31.